The molecular weight excluding hydrogens is 386 g/mol. The van der Waals surface area contributed by atoms with Crippen LogP contribution in [0, 0.1) is 0 Å². The largest absolute Gasteiger partial charge is 0.353 e. The molecule has 1 aromatic rings. The Kier molecular flexibility index (Phi) is 6.56. The number of hydrogen-bond acceptors (Lipinski definition) is 4. The highest BCUT2D eigenvalue weighted by molar-refractivity contribution is 7.89. The minimum absolute atomic E-state index is 0.0304. The highest BCUT2D eigenvalue weighted by atomic mass is 32.2. The molecule has 160 valence electrons. The van der Waals surface area contributed by atoms with Crippen LogP contribution in [0.15, 0.2) is 23.1 Å². The molecule has 2 fully saturated rings. The minimum atomic E-state index is -3.51. The molecule has 1 heterocycles. The molecule has 0 bridgehead atoms. The lowest BCUT2D eigenvalue weighted by atomic mass is 9.92. The molecule has 7 heteroatoms. The van der Waals surface area contributed by atoms with Gasteiger partial charge in [-0.05, 0) is 81.0 Å². The second kappa shape index (κ2) is 9.14. The third kappa shape index (κ3) is 5.58. The van der Waals surface area contributed by atoms with Gasteiger partial charge in [-0.1, -0.05) is 6.07 Å². The molecule has 2 aliphatic carbocycles. The van der Waals surface area contributed by atoms with Crippen molar-refractivity contribution in [3.8, 4) is 0 Å². The zero-order valence-electron chi connectivity index (χ0n) is 17.2. The van der Waals surface area contributed by atoms with Crippen molar-refractivity contribution in [3.63, 3.8) is 0 Å². The van der Waals surface area contributed by atoms with Crippen LogP contribution in [-0.2, 0) is 27.7 Å². The van der Waals surface area contributed by atoms with Gasteiger partial charge in [-0.25, -0.2) is 13.1 Å². The SMILES string of the molecule is O=C(CCCNS(=O)(=O)c1ccc2c(c1)CCCC2)NC1CCN(C2CC2)CC1. The number of carbonyl (C=O) groups excluding carboxylic acids is 1. The number of likely N-dealkylation sites (tertiary alicyclic amines) is 1. The first-order valence-corrected chi connectivity index (χ1v) is 12.6. The number of sulfonamides is 1. The lowest BCUT2D eigenvalue weighted by molar-refractivity contribution is -0.122. The van der Waals surface area contributed by atoms with Crippen molar-refractivity contribution in [2.45, 2.75) is 81.2 Å². The molecule has 1 aliphatic heterocycles. The van der Waals surface area contributed by atoms with Crippen LogP contribution in [0.3, 0.4) is 0 Å². The fraction of sp³-hybridized carbons (Fsp3) is 0.682. The standard InChI is InChI=1S/C22H33N3O3S/c26-22(24-19-11-14-25(15-12-19)20-8-9-20)6-3-13-23-29(27,28)21-10-7-17-4-1-2-5-18(17)16-21/h7,10,16,19-20,23H,1-6,8-9,11-15H2,(H,24,26). The summed E-state index contributed by atoms with van der Waals surface area (Å²) in [5, 5.41) is 3.12. The predicted molar refractivity (Wildman–Crippen MR) is 113 cm³/mol. The van der Waals surface area contributed by atoms with E-state index >= 15 is 0 Å². The summed E-state index contributed by atoms with van der Waals surface area (Å²) in [7, 11) is -3.51. The lowest BCUT2D eigenvalue weighted by Crippen LogP contribution is -2.45. The maximum absolute atomic E-state index is 12.6. The molecule has 2 N–H and O–H groups in total. The molecule has 0 spiro atoms. The predicted octanol–water partition coefficient (Wildman–Crippen LogP) is 2.37. The van der Waals surface area contributed by atoms with E-state index in [4.69, 9.17) is 0 Å². The van der Waals surface area contributed by atoms with E-state index in [1.54, 1.807) is 6.07 Å². The zero-order valence-corrected chi connectivity index (χ0v) is 18.0. The summed E-state index contributed by atoms with van der Waals surface area (Å²) in [5.41, 5.74) is 2.43. The van der Waals surface area contributed by atoms with Crippen molar-refractivity contribution >= 4 is 15.9 Å². The van der Waals surface area contributed by atoms with E-state index in [0.29, 0.717) is 17.7 Å². The smallest absolute Gasteiger partial charge is 0.240 e. The molecule has 0 unspecified atom stereocenters. The van der Waals surface area contributed by atoms with Crippen LogP contribution in [0.5, 0.6) is 0 Å². The molecule has 29 heavy (non-hydrogen) atoms. The van der Waals surface area contributed by atoms with Crippen molar-refractivity contribution in [2.24, 2.45) is 0 Å². The Morgan fingerprint density at radius 3 is 2.48 bits per heavy atom. The quantitative estimate of drug-likeness (QED) is 0.634. The summed E-state index contributed by atoms with van der Waals surface area (Å²) >= 11 is 0. The number of fused-ring (bicyclic) bond motifs is 1. The first-order chi connectivity index (χ1) is 14.0. The molecule has 0 atom stereocenters. The Morgan fingerprint density at radius 1 is 1.03 bits per heavy atom. The van der Waals surface area contributed by atoms with Crippen molar-refractivity contribution in [1.29, 1.82) is 0 Å². The van der Waals surface area contributed by atoms with Crippen molar-refractivity contribution in [2.75, 3.05) is 19.6 Å². The number of piperidine rings is 1. The highest BCUT2D eigenvalue weighted by Gasteiger charge is 2.32. The molecular formula is C22H33N3O3S. The number of amides is 1. The number of nitrogens with one attached hydrogen (secondary N) is 2. The Balaban J connectivity index is 1.17. The van der Waals surface area contributed by atoms with E-state index in [0.717, 1.165) is 56.8 Å². The van der Waals surface area contributed by atoms with Crippen molar-refractivity contribution in [3.05, 3.63) is 29.3 Å². The fourth-order valence-electron chi connectivity index (χ4n) is 4.56. The average molecular weight is 420 g/mol. The molecule has 0 radical (unpaired) electrons. The maximum Gasteiger partial charge on any atom is 0.240 e. The van der Waals surface area contributed by atoms with E-state index in [1.165, 1.54) is 24.8 Å². The monoisotopic (exact) mass is 419 g/mol. The van der Waals surface area contributed by atoms with Gasteiger partial charge in [0.15, 0.2) is 0 Å². The minimum Gasteiger partial charge on any atom is -0.353 e. The second-order valence-corrected chi connectivity index (χ2v) is 10.5. The van der Waals surface area contributed by atoms with E-state index in [9.17, 15) is 13.2 Å². The Bertz CT molecular complexity index is 828. The van der Waals surface area contributed by atoms with Gasteiger partial charge in [-0.15, -0.1) is 0 Å². The molecule has 1 saturated carbocycles. The van der Waals surface area contributed by atoms with Crippen LogP contribution in [0.4, 0.5) is 0 Å². The maximum atomic E-state index is 12.6. The molecule has 4 rings (SSSR count). The second-order valence-electron chi connectivity index (χ2n) is 8.75. The van der Waals surface area contributed by atoms with Gasteiger partial charge in [-0.2, -0.15) is 0 Å². The molecule has 1 saturated heterocycles. The first-order valence-electron chi connectivity index (χ1n) is 11.2. The van der Waals surface area contributed by atoms with Gasteiger partial charge >= 0.3 is 0 Å². The Morgan fingerprint density at radius 2 is 1.76 bits per heavy atom. The van der Waals surface area contributed by atoms with Gasteiger partial charge in [-0.3, -0.25) is 4.79 Å². The van der Waals surface area contributed by atoms with E-state index in [2.05, 4.69) is 14.9 Å². The van der Waals surface area contributed by atoms with Gasteiger partial charge < -0.3 is 10.2 Å². The fourth-order valence-corrected chi connectivity index (χ4v) is 5.69. The topological polar surface area (TPSA) is 78.5 Å². The molecule has 6 nitrogen and oxygen atoms in total. The summed E-state index contributed by atoms with van der Waals surface area (Å²) in [6.45, 7) is 2.44. The molecule has 0 aromatic heterocycles. The van der Waals surface area contributed by atoms with Crippen LogP contribution < -0.4 is 10.0 Å². The number of rotatable bonds is 8. The van der Waals surface area contributed by atoms with Crippen LogP contribution >= 0.6 is 0 Å². The highest BCUT2D eigenvalue weighted by Crippen LogP contribution is 2.29. The van der Waals surface area contributed by atoms with E-state index < -0.39 is 10.0 Å². The third-order valence-corrected chi connectivity index (χ3v) is 7.92. The summed E-state index contributed by atoms with van der Waals surface area (Å²) in [4.78, 5) is 15.1. The van der Waals surface area contributed by atoms with Crippen LogP contribution in [-0.4, -0.2) is 50.9 Å². The van der Waals surface area contributed by atoms with Gasteiger partial charge in [0.1, 0.15) is 0 Å². The number of hydrogen-bond donors (Lipinski definition) is 2. The Labute approximate surface area is 174 Å². The summed E-state index contributed by atoms with van der Waals surface area (Å²) in [6, 6.07) is 6.54. The number of carbonyl (C=O) groups is 1. The number of aryl methyl sites for hydroxylation is 2. The van der Waals surface area contributed by atoms with Gasteiger partial charge in [0.2, 0.25) is 15.9 Å². The zero-order chi connectivity index (χ0) is 20.3. The third-order valence-electron chi connectivity index (χ3n) is 6.46. The number of nitrogens with zero attached hydrogens (tertiary/aromatic N) is 1. The normalized spacial score (nSPS) is 21.0. The van der Waals surface area contributed by atoms with Gasteiger partial charge in [0.25, 0.3) is 0 Å². The summed E-state index contributed by atoms with van der Waals surface area (Å²) in [5.74, 6) is 0.0304. The van der Waals surface area contributed by atoms with Crippen LogP contribution in [0.25, 0.3) is 0 Å². The van der Waals surface area contributed by atoms with Crippen LogP contribution in [0.2, 0.25) is 0 Å². The average Bonchev–Trinajstić information content (AvgIpc) is 3.57. The van der Waals surface area contributed by atoms with Gasteiger partial charge in [0, 0.05) is 38.1 Å². The summed E-state index contributed by atoms with van der Waals surface area (Å²) < 4.78 is 27.8. The summed E-state index contributed by atoms with van der Waals surface area (Å²) in [6.07, 6.45) is 9.87. The first kappa shape index (κ1) is 20.8. The van der Waals surface area contributed by atoms with Crippen molar-refractivity contribution in [1.82, 2.24) is 14.9 Å². The van der Waals surface area contributed by atoms with Crippen LogP contribution in [0.1, 0.15) is 62.5 Å². The lowest BCUT2D eigenvalue weighted by Gasteiger charge is -2.32. The van der Waals surface area contributed by atoms with Gasteiger partial charge in [0.05, 0.1) is 4.90 Å². The Hall–Kier alpha value is -1.44. The number of benzene rings is 1. The molecule has 3 aliphatic rings. The molecule has 1 amide bonds. The van der Waals surface area contributed by atoms with Crippen molar-refractivity contribution < 1.29 is 13.2 Å². The molecule has 1 aromatic carbocycles. The van der Waals surface area contributed by atoms with E-state index in [1.807, 2.05) is 12.1 Å². The van der Waals surface area contributed by atoms with E-state index in [-0.39, 0.29) is 18.5 Å².